The van der Waals surface area contributed by atoms with Gasteiger partial charge in [-0.25, -0.2) is 9.37 Å². The maximum Gasteiger partial charge on any atom is 0.424 e. The van der Waals surface area contributed by atoms with Crippen molar-refractivity contribution in [1.82, 2.24) is 15.3 Å². The van der Waals surface area contributed by atoms with Crippen molar-refractivity contribution in [2.45, 2.75) is 24.1 Å². The molecule has 10 nitrogen and oxygen atoms in total. The standard InChI is InChI=1S/C25H21F4N5O5/c1-23(22(31)37)11-39-19-16(23)7-17(34-18(19)12-2-4-15(26)5-3-12)24(38,25(27,28)29)10-33-21(36)14-6-13(20(30)35)8-32-9-14/h2-9,38H,10-11H2,1H3,(H2,30,35)(H2,31,37)(H,33,36)/t23-,24?/m0/s1. The number of halogens is 4. The number of amides is 3. The summed E-state index contributed by atoms with van der Waals surface area (Å²) < 4.78 is 62.4. The molecule has 3 heterocycles. The topological polar surface area (TPSA) is 171 Å². The first-order chi connectivity index (χ1) is 18.2. The summed E-state index contributed by atoms with van der Waals surface area (Å²) in [5.74, 6) is -3.61. The highest BCUT2D eigenvalue weighted by atomic mass is 19.4. The Morgan fingerprint density at radius 3 is 2.33 bits per heavy atom. The highest BCUT2D eigenvalue weighted by Gasteiger charge is 2.57. The van der Waals surface area contributed by atoms with Crippen LogP contribution in [-0.4, -0.2) is 52.1 Å². The zero-order chi connectivity index (χ0) is 28.8. The molecule has 3 amide bonds. The third-order valence-corrected chi connectivity index (χ3v) is 6.42. The minimum atomic E-state index is -5.39. The van der Waals surface area contributed by atoms with E-state index in [1.54, 1.807) is 0 Å². The molecule has 1 aromatic carbocycles. The van der Waals surface area contributed by atoms with Gasteiger partial charge in [0.15, 0.2) is 0 Å². The molecule has 204 valence electrons. The quantitative estimate of drug-likeness (QED) is 0.326. The Morgan fingerprint density at radius 2 is 1.74 bits per heavy atom. The highest BCUT2D eigenvalue weighted by molar-refractivity contribution is 5.98. The average Bonchev–Trinajstić information content (AvgIpc) is 3.24. The van der Waals surface area contributed by atoms with Crippen molar-refractivity contribution in [2.75, 3.05) is 13.2 Å². The van der Waals surface area contributed by atoms with E-state index in [4.69, 9.17) is 16.2 Å². The molecule has 0 saturated carbocycles. The number of nitrogens with one attached hydrogen (secondary N) is 1. The predicted molar refractivity (Wildman–Crippen MR) is 127 cm³/mol. The highest BCUT2D eigenvalue weighted by Crippen LogP contribution is 2.47. The van der Waals surface area contributed by atoms with Crippen molar-refractivity contribution < 1.29 is 41.8 Å². The summed E-state index contributed by atoms with van der Waals surface area (Å²) in [7, 11) is 0. The molecule has 1 unspecified atom stereocenters. The van der Waals surface area contributed by atoms with E-state index in [1.165, 1.54) is 19.1 Å². The summed E-state index contributed by atoms with van der Waals surface area (Å²) in [6.45, 7) is -0.382. The number of hydrogen-bond acceptors (Lipinski definition) is 7. The first-order valence-corrected chi connectivity index (χ1v) is 11.2. The molecule has 0 bridgehead atoms. The lowest BCUT2D eigenvalue weighted by molar-refractivity contribution is -0.265. The summed E-state index contributed by atoms with van der Waals surface area (Å²) in [4.78, 5) is 43.9. The molecular weight excluding hydrogens is 526 g/mol. The maximum atomic E-state index is 14.4. The number of benzene rings is 1. The van der Waals surface area contributed by atoms with Crippen molar-refractivity contribution in [3.8, 4) is 17.0 Å². The van der Waals surface area contributed by atoms with E-state index in [1.807, 2.05) is 5.32 Å². The number of primary amides is 2. The van der Waals surface area contributed by atoms with Gasteiger partial charge in [0.1, 0.15) is 29.3 Å². The van der Waals surface area contributed by atoms with Gasteiger partial charge in [-0.05, 0) is 43.3 Å². The minimum absolute atomic E-state index is 0.0606. The van der Waals surface area contributed by atoms with Crippen LogP contribution in [0.4, 0.5) is 17.6 Å². The summed E-state index contributed by atoms with van der Waals surface area (Å²) in [6.07, 6.45) is -3.34. The van der Waals surface area contributed by atoms with Crippen LogP contribution in [0.2, 0.25) is 0 Å². The molecule has 0 saturated heterocycles. The number of carbonyl (C=O) groups excluding carboxylic acids is 3. The van der Waals surface area contributed by atoms with Crippen LogP contribution in [0, 0.1) is 5.82 Å². The molecule has 0 radical (unpaired) electrons. The van der Waals surface area contributed by atoms with Crippen LogP contribution in [-0.2, 0) is 15.8 Å². The predicted octanol–water partition coefficient (Wildman–Crippen LogP) is 1.70. The fourth-order valence-corrected chi connectivity index (χ4v) is 3.95. The fraction of sp³-hybridized carbons (Fsp3) is 0.240. The molecule has 2 aromatic heterocycles. The number of rotatable bonds is 7. The van der Waals surface area contributed by atoms with Gasteiger partial charge in [0.25, 0.3) is 5.91 Å². The number of aromatic nitrogens is 2. The molecule has 3 aromatic rings. The smallest absolute Gasteiger partial charge is 0.424 e. The molecule has 1 aliphatic heterocycles. The Morgan fingerprint density at radius 1 is 1.10 bits per heavy atom. The van der Waals surface area contributed by atoms with Crippen LogP contribution in [0.5, 0.6) is 5.75 Å². The Bertz CT molecular complexity index is 1480. The van der Waals surface area contributed by atoms with Gasteiger partial charge in [-0.15, -0.1) is 0 Å². The SMILES string of the molecule is C[C@]1(C(N)=O)COc2c1cc(C(O)(CNC(=O)c1cncc(C(N)=O)c1)C(F)(F)F)nc2-c1ccc(F)cc1. The van der Waals surface area contributed by atoms with Gasteiger partial charge >= 0.3 is 6.18 Å². The van der Waals surface area contributed by atoms with Crippen molar-refractivity contribution in [1.29, 1.82) is 0 Å². The zero-order valence-electron chi connectivity index (χ0n) is 20.2. The molecular formula is C25H21F4N5O5. The Kier molecular flexibility index (Phi) is 6.77. The van der Waals surface area contributed by atoms with Crippen LogP contribution in [0.3, 0.4) is 0 Å². The van der Waals surface area contributed by atoms with Gasteiger partial charge in [-0.2, -0.15) is 13.2 Å². The summed E-state index contributed by atoms with van der Waals surface area (Å²) in [5.41, 5.74) is 3.73. The lowest BCUT2D eigenvalue weighted by Crippen LogP contribution is -2.51. The third kappa shape index (κ3) is 4.85. The Hall–Kier alpha value is -4.59. The van der Waals surface area contributed by atoms with Crippen molar-refractivity contribution in [3.05, 3.63) is 77.0 Å². The minimum Gasteiger partial charge on any atom is -0.489 e. The van der Waals surface area contributed by atoms with Crippen molar-refractivity contribution >= 4 is 17.7 Å². The van der Waals surface area contributed by atoms with Gasteiger partial charge in [0.05, 0.1) is 23.4 Å². The normalized spacial score (nSPS) is 18.0. The second kappa shape index (κ2) is 9.62. The van der Waals surface area contributed by atoms with Crippen LogP contribution < -0.4 is 21.5 Å². The molecule has 0 fully saturated rings. The monoisotopic (exact) mass is 547 g/mol. The largest absolute Gasteiger partial charge is 0.489 e. The maximum absolute atomic E-state index is 14.4. The molecule has 1 aliphatic rings. The Labute approximate surface area is 218 Å². The number of ether oxygens (including phenoxy) is 1. The number of aliphatic hydroxyl groups is 1. The van der Waals surface area contributed by atoms with Gasteiger partial charge in [-0.3, -0.25) is 19.4 Å². The number of nitrogens with zero attached hydrogens (tertiary/aromatic N) is 2. The molecule has 6 N–H and O–H groups in total. The number of pyridine rings is 2. The lowest BCUT2D eigenvalue weighted by Gasteiger charge is -2.31. The van der Waals surface area contributed by atoms with E-state index in [2.05, 4.69) is 9.97 Å². The first kappa shape index (κ1) is 27.4. The van der Waals surface area contributed by atoms with E-state index in [9.17, 15) is 37.1 Å². The average molecular weight is 547 g/mol. The number of fused-ring (bicyclic) bond motifs is 1. The summed E-state index contributed by atoms with van der Waals surface area (Å²) >= 11 is 0. The van der Waals surface area contributed by atoms with Crippen molar-refractivity contribution in [2.24, 2.45) is 11.5 Å². The van der Waals surface area contributed by atoms with Gasteiger partial charge in [-0.1, -0.05) is 0 Å². The molecule has 39 heavy (non-hydrogen) atoms. The summed E-state index contributed by atoms with van der Waals surface area (Å²) in [5, 5.41) is 13.0. The van der Waals surface area contributed by atoms with Crippen molar-refractivity contribution in [3.63, 3.8) is 0 Å². The second-order valence-corrected chi connectivity index (χ2v) is 9.09. The van der Waals surface area contributed by atoms with Crippen LogP contribution in [0.1, 0.15) is 38.9 Å². The molecule has 2 atom stereocenters. The van der Waals surface area contributed by atoms with Gasteiger partial charge in [0, 0.05) is 23.5 Å². The molecule has 0 spiro atoms. The fourth-order valence-electron chi connectivity index (χ4n) is 3.95. The molecule has 0 aliphatic carbocycles. The van der Waals surface area contributed by atoms with Crippen LogP contribution in [0.25, 0.3) is 11.3 Å². The number of hydrogen-bond donors (Lipinski definition) is 4. The van der Waals surface area contributed by atoms with E-state index in [0.717, 1.165) is 36.7 Å². The number of carbonyl (C=O) groups is 3. The van der Waals surface area contributed by atoms with Crippen LogP contribution in [0.15, 0.2) is 48.8 Å². The first-order valence-electron chi connectivity index (χ1n) is 11.2. The second-order valence-electron chi connectivity index (χ2n) is 9.09. The van der Waals surface area contributed by atoms with E-state index >= 15 is 0 Å². The summed E-state index contributed by atoms with van der Waals surface area (Å²) in [6, 6.07) is 6.42. The lowest BCUT2D eigenvalue weighted by atomic mass is 9.81. The van der Waals surface area contributed by atoms with Gasteiger partial charge < -0.3 is 26.6 Å². The molecule has 4 rings (SSSR count). The molecule has 14 heteroatoms. The van der Waals surface area contributed by atoms with E-state index in [0.29, 0.717) is 0 Å². The van der Waals surface area contributed by atoms with E-state index in [-0.39, 0.29) is 40.3 Å². The number of nitrogens with two attached hydrogens (primary N) is 2. The van der Waals surface area contributed by atoms with Crippen LogP contribution >= 0.6 is 0 Å². The zero-order valence-corrected chi connectivity index (χ0v) is 20.2. The third-order valence-electron chi connectivity index (χ3n) is 6.42. The van der Waals surface area contributed by atoms with Gasteiger partial charge in [0.2, 0.25) is 17.4 Å². The number of alkyl halides is 3. The van der Waals surface area contributed by atoms with E-state index < -0.39 is 53.0 Å². The Balaban J connectivity index is 1.82.